The molecule has 120 valence electrons. The maximum absolute atomic E-state index is 12.1. The SMILES string of the molecule is CCS(=O)(=O)NC1CCN(S(=O)(=O)CCCCCl)CC1. The third-order valence-corrected chi connectivity index (χ3v) is 7.04. The lowest BCUT2D eigenvalue weighted by atomic mass is 10.1. The molecule has 0 spiro atoms. The summed E-state index contributed by atoms with van der Waals surface area (Å²) in [4.78, 5) is 0. The Morgan fingerprint density at radius 2 is 1.75 bits per heavy atom. The molecular weight excluding hydrogens is 324 g/mol. The molecule has 0 radical (unpaired) electrons. The van der Waals surface area contributed by atoms with E-state index in [9.17, 15) is 16.8 Å². The lowest BCUT2D eigenvalue weighted by molar-refractivity contribution is 0.308. The molecule has 1 heterocycles. The normalized spacial score (nSPS) is 19.3. The number of hydrogen-bond donors (Lipinski definition) is 1. The highest BCUT2D eigenvalue weighted by Crippen LogP contribution is 2.16. The van der Waals surface area contributed by atoms with Crippen LogP contribution < -0.4 is 4.72 Å². The number of nitrogens with one attached hydrogen (secondary N) is 1. The lowest BCUT2D eigenvalue weighted by Crippen LogP contribution is -2.47. The highest BCUT2D eigenvalue weighted by molar-refractivity contribution is 7.89. The van der Waals surface area contributed by atoms with Crippen LogP contribution in [0.1, 0.15) is 32.6 Å². The number of nitrogens with zero attached hydrogens (tertiary/aromatic N) is 1. The minimum Gasteiger partial charge on any atom is -0.212 e. The van der Waals surface area contributed by atoms with Crippen LogP contribution in [-0.2, 0) is 20.0 Å². The van der Waals surface area contributed by atoms with Crippen molar-refractivity contribution in [1.82, 2.24) is 9.03 Å². The number of alkyl halides is 1. The Morgan fingerprint density at radius 3 is 2.25 bits per heavy atom. The summed E-state index contributed by atoms with van der Waals surface area (Å²) >= 11 is 5.54. The van der Waals surface area contributed by atoms with Gasteiger partial charge in [-0.05, 0) is 32.6 Å². The summed E-state index contributed by atoms with van der Waals surface area (Å²) in [7, 11) is -6.45. The Morgan fingerprint density at radius 1 is 1.15 bits per heavy atom. The van der Waals surface area contributed by atoms with Gasteiger partial charge in [-0.15, -0.1) is 11.6 Å². The fourth-order valence-corrected chi connectivity index (χ4v) is 4.79. The van der Waals surface area contributed by atoms with Crippen LogP contribution in [0.4, 0.5) is 0 Å². The van der Waals surface area contributed by atoms with E-state index in [-0.39, 0.29) is 17.5 Å². The molecule has 1 saturated heterocycles. The number of unbranched alkanes of at least 4 members (excludes halogenated alkanes) is 1. The molecule has 0 unspecified atom stereocenters. The van der Waals surface area contributed by atoms with Crippen LogP contribution in [0.2, 0.25) is 0 Å². The van der Waals surface area contributed by atoms with Crippen molar-refractivity contribution in [2.45, 2.75) is 38.6 Å². The highest BCUT2D eigenvalue weighted by atomic mass is 35.5. The Bertz CT molecular complexity index is 485. The predicted octanol–water partition coefficient (Wildman–Crippen LogP) is 0.739. The quantitative estimate of drug-likeness (QED) is 0.519. The van der Waals surface area contributed by atoms with E-state index >= 15 is 0 Å². The van der Waals surface area contributed by atoms with E-state index in [0.29, 0.717) is 44.7 Å². The zero-order valence-electron chi connectivity index (χ0n) is 11.7. The van der Waals surface area contributed by atoms with Crippen LogP contribution in [0.5, 0.6) is 0 Å². The first-order chi connectivity index (χ1) is 9.30. The van der Waals surface area contributed by atoms with Crippen molar-refractivity contribution in [2.75, 3.05) is 30.5 Å². The van der Waals surface area contributed by atoms with Crippen molar-refractivity contribution in [3.8, 4) is 0 Å². The van der Waals surface area contributed by atoms with E-state index in [1.165, 1.54) is 4.31 Å². The van der Waals surface area contributed by atoms with Gasteiger partial charge in [0.2, 0.25) is 20.0 Å². The average molecular weight is 347 g/mol. The Hall–Kier alpha value is 0.110. The summed E-state index contributed by atoms with van der Waals surface area (Å²) in [6.45, 7) is 2.33. The van der Waals surface area contributed by atoms with Gasteiger partial charge in [0.25, 0.3) is 0 Å². The summed E-state index contributed by atoms with van der Waals surface area (Å²) in [5.74, 6) is 0.630. The molecule has 1 fully saturated rings. The van der Waals surface area contributed by atoms with Gasteiger partial charge in [-0.25, -0.2) is 25.9 Å². The van der Waals surface area contributed by atoms with Gasteiger partial charge in [-0.1, -0.05) is 0 Å². The third-order valence-electron chi connectivity index (χ3n) is 3.36. The van der Waals surface area contributed by atoms with Crippen molar-refractivity contribution >= 4 is 31.6 Å². The molecule has 0 aromatic rings. The number of rotatable bonds is 8. The van der Waals surface area contributed by atoms with E-state index in [2.05, 4.69) is 4.72 Å². The van der Waals surface area contributed by atoms with Crippen LogP contribution in [-0.4, -0.2) is 57.7 Å². The molecule has 6 nitrogen and oxygen atoms in total. The van der Waals surface area contributed by atoms with E-state index < -0.39 is 20.0 Å². The highest BCUT2D eigenvalue weighted by Gasteiger charge is 2.28. The molecule has 9 heteroatoms. The van der Waals surface area contributed by atoms with Crippen molar-refractivity contribution < 1.29 is 16.8 Å². The fraction of sp³-hybridized carbons (Fsp3) is 1.00. The van der Waals surface area contributed by atoms with Gasteiger partial charge < -0.3 is 0 Å². The van der Waals surface area contributed by atoms with Gasteiger partial charge >= 0.3 is 0 Å². The summed E-state index contributed by atoms with van der Waals surface area (Å²) < 4.78 is 51.1. The van der Waals surface area contributed by atoms with Gasteiger partial charge in [0.05, 0.1) is 11.5 Å². The largest absolute Gasteiger partial charge is 0.214 e. The minimum absolute atomic E-state index is 0.0456. The maximum Gasteiger partial charge on any atom is 0.214 e. The van der Waals surface area contributed by atoms with Crippen LogP contribution >= 0.6 is 11.6 Å². The first-order valence-corrected chi connectivity index (χ1v) is 10.6. The van der Waals surface area contributed by atoms with E-state index in [4.69, 9.17) is 11.6 Å². The van der Waals surface area contributed by atoms with Gasteiger partial charge in [-0.3, -0.25) is 0 Å². The Kier molecular flexibility index (Phi) is 7.20. The van der Waals surface area contributed by atoms with Gasteiger partial charge in [-0.2, -0.15) is 0 Å². The zero-order chi connectivity index (χ0) is 15.2. The standard InChI is InChI=1S/C11H23ClN2O4S2/c1-2-19(15,16)13-11-5-8-14(9-6-11)20(17,18)10-4-3-7-12/h11,13H,2-10H2,1H3. The van der Waals surface area contributed by atoms with Gasteiger partial charge in [0.15, 0.2) is 0 Å². The molecule has 0 bridgehead atoms. The van der Waals surface area contributed by atoms with E-state index in [0.717, 1.165) is 0 Å². The molecule has 20 heavy (non-hydrogen) atoms. The van der Waals surface area contributed by atoms with Crippen molar-refractivity contribution in [3.05, 3.63) is 0 Å². The molecule has 0 saturated carbocycles. The summed E-state index contributed by atoms with van der Waals surface area (Å²) in [5.41, 5.74) is 0. The summed E-state index contributed by atoms with van der Waals surface area (Å²) in [6.07, 6.45) is 2.30. The number of halogens is 1. The Labute approximate surface area is 127 Å². The first-order valence-electron chi connectivity index (χ1n) is 6.84. The molecule has 1 aliphatic heterocycles. The molecule has 0 aromatic carbocycles. The molecule has 0 aliphatic carbocycles. The van der Waals surface area contributed by atoms with E-state index in [1.807, 2.05) is 0 Å². The minimum atomic E-state index is -3.23. The first kappa shape index (κ1) is 18.2. The molecule has 0 aromatic heterocycles. The number of piperidine rings is 1. The number of sulfonamides is 2. The Balaban J connectivity index is 2.45. The number of hydrogen-bond acceptors (Lipinski definition) is 4. The monoisotopic (exact) mass is 346 g/mol. The lowest BCUT2D eigenvalue weighted by Gasteiger charge is -2.31. The summed E-state index contributed by atoms with van der Waals surface area (Å²) in [6, 6.07) is -0.158. The average Bonchev–Trinajstić information content (AvgIpc) is 2.39. The molecule has 1 aliphatic rings. The maximum atomic E-state index is 12.1. The topological polar surface area (TPSA) is 83.6 Å². The fourth-order valence-electron chi connectivity index (χ4n) is 2.10. The molecule has 1 rings (SSSR count). The van der Waals surface area contributed by atoms with Gasteiger partial charge in [0, 0.05) is 25.0 Å². The summed E-state index contributed by atoms with van der Waals surface area (Å²) in [5, 5.41) is 0. The zero-order valence-corrected chi connectivity index (χ0v) is 14.1. The molecule has 0 amide bonds. The van der Waals surface area contributed by atoms with Crippen LogP contribution in [0.25, 0.3) is 0 Å². The second-order valence-electron chi connectivity index (χ2n) is 4.91. The van der Waals surface area contributed by atoms with Crippen LogP contribution in [0, 0.1) is 0 Å². The van der Waals surface area contributed by atoms with Crippen LogP contribution in [0.15, 0.2) is 0 Å². The van der Waals surface area contributed by atoms with Gasteiger partial charge in [0.1, 0.15) is 0 Å². The van der Waals surface area contributed by atoms with Crippen LogP contribution in [0.3, 0.4) is 0 Å². The van der Waals surface area contributed by atoms with E-state index in [1.54, 1.807) is 6.92 Å². The van der Waals surface area contributed by atoms with Crippen molar-refractivity contribution in [3.63, 3.8) is 0 Å². The third kappa shape index (κ3) is 5.85. The second kappa shape index (κ2) is 7.93. The molecule has 0 atom stereocenters. The smallest absolute Gasteiger partial charge is 0.212 e. The van der Waals surface area contributed by atoms with Crippen molar-refractivity contribution in [2.24, 2.45) is 0 Å². The molecular formula is C11H23ClN2O4S2. The predicted molar refractivity (Wildman–Crippen MR) is 80.9 cm³/mol. The van der Waals surface area contributed by atoms with Crippen molar-refractivity contribution in [1.29, 1.82) is 0 Å². The molecule has 1 N–H and O–H groups in total. The second-order valence-corrected chi connectivity index (χ2v) is 9.42.